The Morgan fingerprint density at radius 1 is 1.20 bits per heavy atom. The number of nitriles is 1. The smallest absolute Gasteiger partial charge is 0.410 e. The maximum atomic E-state index is 12.7. The summed E-state index contributed by atoms with van der Waals surface area (Å²) in [5, 5.41) is 12.0. The van der Waals surface area contributed by atoms with E-state index in [9.17, 15) is 14.9 Å². The second-order valence-corrected chi connectivity index (χ2v) is 7.63. The molecule has 0 spiro atoms. The van der Waals surface area contributed by atoms with Crippen LogP contribution in [0.1, 0.15) is 32.3 Å². The number of morpholine rings is 1. The monoisotopic (exact) mass is 417 g/mol. The Morgan fingerprint density at radius 2 is 1.90 bits per heavy atom. The summed E-state index contributed by atoms with van der Waals surface area (Å²) >= 11 is 0. The van der Waals surface area contributed by atoms with Gasteiger partial charge in [-0.15, -0.1) is 0 Å². The van der Waals surface area contributed by atoms with E-state index >= 15 is 0 Å². The van der Waals surface area contributed by atoms with Crippen LogP contribution in [0.4, 0.5) is 4.79 Å². The standard InChI is InChI=1S/C22H31N3O5/c1-17(2)8-9-20(30-22(27)25-10-12-28-13-11-25)21(26)24-19(14-23)16-29-15-18-6-4-3-5-7-18/h3-7,17,19-20H,8-13,15-16H2,1-2H3,(H,24,26). The minimum Gasteiger partial charge on any atom is -0.436 e. The number of amides is 2. The fraction of sp³-hybridized carbons (Fsp3) is 0.591. The molecule has 1 saturated heterocycles. The van der Waals surface area contributed by atoms with Crippen LogP contribution in [0.3, 0.4) is 0 Å². The maximum Gasteiger partial charge on any atom is 0.410 e. The molecule has 0 radical (unpaired) electrons. The molecule has 8 heteroatoms. The predicted molar refractivity (Wildman–Crippen MR) is 110 cm³/mol. The highest BCUT2D eigenvalue weighted by atomic mass is 16.6. The molecule has 1 aromatic carbocycles. The first-order valence-corrected chi connectivity index (χ1v) is 10.3. The van der Waals surface area contributed by atoms with Crippen LogP contribution in [0.25, 0.3) is 0 Å². The van der Waals surface area contributed by atoms with E-state index in [1.54, 1.807) is 0 Å². The third-order valence-corrected chi connectivity index (χ3v) is 4.68. The second kappa shape index (κ2) is 12.8. The zero-order chi connectivity index (χ0) is 21.8. The summed E-state index contributed by atoms with van der Waals surface area (Å²) in [6.45, 7) is 6.24. The van der Waals surface area contributed by atoms with Gasteiger partial charge in [-0.05, 0) is 24.3 Å². The minimum atomic E-state index is -0.951. The zero-order valence-electron chi connectivity index (χ0n) is 17.7. The molecular weight excluding hydrogens is 386 g/mol. The number of carbonyl (C=O) groups excluding carboxylic acids is 2. The number of rotatable bonds is 10. The van der Waals surface area contributed by atoms with Gasteiger partial charge in [-0.3, -0.25) is 4.79 Å². The van der Waals surface area contributed by atoms with Gasteiger partial charge in [0.1, 0.15) is 6.04 Å². The molecule has 2 atom stereocenters. The van der Waals surface area contributed by atoms with Crippen molar-refractivity contribution in [2.75, 3.05) is 32.9 Å². The van der Waals surface area contributed by atoms with Crippen LogP contribution in [0.2, 0.25) is 0 Å². The van der Waals surface area contributed by atoms with Gasteiger partial charge >= 0.3 is 6.09 Å². The van der Waals surface area contributed by atoms with E-state index in [1.165, 1.54) is 4.90 Å². The lowest BCUT2D eigenvalue weighted by Crippen LogP contribution is -2.48. The van der Waals surface area contributed by atoms with E-state index < -0.39 is 24.1 Å². The molecule has 1 aliphatic heterocycles. The quantitative estimate of drug-likeness (QED) is 0.628. The van der Waals surface area contributed by atoms with Crippen LogP contribution in [0.15, 0.2) is 30.3 Å². The minimum absolute atomic E-state index is 0.0471. The number of hydrogen-bond acceptors (Lipinski definition) is 6. The number of nitrogens with one attached hydrogen (secondary N) is 1. The van der Waals surface area contributed by atoms with Gasteiger partial charge < -0.3 is 24.4 Å². The van der Waals surface area contributed by atoms with Gasteiger partial charge in [0.05, 0.1) is 32.5 Å². The summed E-state index contributed by atoms with van der Waals surface area (Å²) in [4.78, 5) is 26.7. The van der Waals surface area contributed by atoms with Gasteiger partial charge in [0.25, 0.3) is 5.91 Å². The van der Waals surface area contributed by atoms with Crippen LogP contribution in [-0.4, -0.2) is 62.0 Å². The first-order chi connectivity index (χ1) is 14.5. The Kier molecular flexibility index (Phi) is 10.1. The van der Waals surface area contributed by atoms with Crippen LogP contribution >= 0.6 is 0 Å². The van der Waals surface area contributed by atoms with Gasteiger partial charge in [0.15, 0.2) is 6.10 Å². The molecule has 30 heavy (non-hydrogen) atoms. The average Bonchev–Trinajstić information content (AvgIpc) is 2.76. The van der Waals surface area contributed by atoms with Crippen molar-refractivity contribution >= 4 is 12.0 Å². The Hall–Kier alpha value is -2.63. The van der Waals surface area contributed by atoms with Crippen LogP contribution < -0.4 is 5.32 Å². The lowest BCUT2D eigenvalue weighted by atomic mass is 10.0. The predicted octanol–water partition coefficient (Wildman–Crippen LogP) is 2.49. The number of benzene rings is 1. The molecule has 164 valence electrons. The van der Waals surface area contributed by atoms with E-state index in [0.29, 0.717) is 45.2 Å². The lowest BCUT2D eigenvalue weighted by molar-refractivity contribution is -0.131. The molecule has 0 aromatic heterocycles. The molecule has 1 aliphatic rings. The Labute approximate surface area is 178 Å². The topological polar surface area (TPSA) is 101 Å². The summed E-state index contributed by atoms with van der Waals surface area (Å²) in [6.07, 6.45) is -0.373. The summed E-state index contributed by atoms with van der Waals surface area (Å²) in [5.74, 6) is -0.129. The summed E-state index contributed by atoms with van der Waals surface area (Å²) < 4.78 is 16.3. The molecular formula is C22H31N3O5. The number of nitrogens with zero attached hydrogens (tertiary/aromatic N) is 2. The first-order valence-electron chi connectivity index (χ1n) is 10.3. The largest absolute Gasteiger partial charge is 0.436 e. The highest BCUT2D eigenvalue weighted by Crippen LogP contribution is 2.13. The van der Waals surface area contributed by atoms with E-state index in [1.807, 2.05) is 50.2 Å². The van der Waals surface area contributed by atoms with Crippen molar-refractivity contribution in [3.05, 3.63) is 35.9 Å². The molecule has 8 nitrogen and oxygen atoms in total. The highest BCUT2D eigenvalue weighted by Gasteiger charge is 2.28. The number of carbonyl (C=O) groups is 2. The van der Waals surface area contributed by atoms with Crippen molar-refractivity contribution in [3.8, 4) is 6.07 Å². The molecule has 0 saturated carbocycles. The van der Waals surface area contributed by atoms with E-state index in [0.717, 1.165) is 12.0 Å². The summed E-state index contributed by atoms with van der Waals surface area (Å²) in [5.41, 5.74) is 0.981. The average molecular weight is 418 g/mol. The van der Waals surface area contributed by atoms with Gasteiger partial charge in [-0.1, -0.05) is 44.2 Å². The van der Waals surface area contributed by atoms with Gasteiger partial charge in [0, 0.05) is 13.1 Å². The third kappa shape index (κ3) is 8.39. The van der Waals surface area contributed by atoms with Gasteiger partial charge in [0.2, 0.25) is 0 Å². The van der Waals surface area contributed by atoms with Crippen molar-refractivity contribution in [2.24, 2.45) is 5.92 Å². The SMILES string of the molecule is CC(C)CCC(OC(=O)N1CCOCC1)C(=O)NC(C#N)COCc1ccccc1. The Bertz CT molecular complexity index is 698. The molecule has 1 heterocycles. The number of hydrogen-bond donors (Lipinski definition) is 1. The fourth-order valence-electron chi connectivity index (χ4n) is 2.92. The van der Waals surface area contributed by atoms with Crippen molar-refractivity contribution < 1.29 is 23.8 Å². The molecule has 1 N–H and O–H groups in total. The summed E-state index contributed by atoms with van der Waals surface area (Å²) in [7, 11) is 0. The van der Waals surface area contributed by atoms with E-state index in [2.05, 4.69) is 5.32 Å². The zero-order valence-corrected chi connectivity index (χ0v) is 17.7. The van der Waals surface area contributed by atoms with Gasteiger partial charge in [-0.25, -0.2) is 4.79 Å². The molecule has 0 bridgehead atoms. The molecule has 2 unspecified atom stereocenters. The molecule has 1 fully saturated rings. The van der Waals surface area contributed by atoms with E-state index in [-0.39, 0.29) is 6.61 Å². The van der Waals surface area contributed by atoms with Crippen molar-refractivity contribution in [3.63, 3.8) is 0 Å². The Balaban J connectivity index is 1.88. The van der Waals surface area contributed by atoms with Crippen molar-refractivity contribution in [1.29, 1.82) is 5.26 Å². The maximum absolute atomic E-state index is 12.7. The molecule has 2 rings (SSSR count). The van der Waals surface area contributed by atoms with E-state index in [4.69, 9.17) is 14.2 Å². The molecule has 0 aliphatic carbocycles. The Morgan fingerprint density at radius 3 is 2.53 bits per heavy atom. The summed E-state index contributed by atoms with van der Waals surface area (Å²) in [6, 6.07) is 10.8. The van der Waals surface area contributed by atoms with Crippen molar-refractivity contribution in [2.45, 2.75) is 45.4 Å². The normalized spacial score (nSPS) is 15.9. The molecule has 1 aromatic rings. The molecule has 2 amide bonds. The highest BCUT2D eigenvalue weighted by molar-refractivity contribution is 5.84. The first kappa shape index (κ1) is 23.6. The van der Waals surface area contributed by atoms with Gasteiger partial charge in [-0.2, -0.15) is 5.26 Å². The lowest BCUT2D eigenvalue weighted by Gasteiger charge is -2.28. The van der Waals surface area contributed by atoms with Crippen LogP contribution in [0.5, 0.6) is 0 Å². The fourth-order valence-corrected chi connectivity index (χ4v) is 2.92. The second-order valence-electron chi connectivity index (χ2n) is 7.63. The van der Waals surface area contributed by atoms with Crippen molar-refractivity contribution in [1.82, 2.24) is 10.2 Å². The number of ether oxygens (including phenoxy) is 3. The van der Waals surface area contributed by atoms with Crippen LogP contribution in [-0.2, 0) is 25.6 Å². The third-order valence-electron chi connectivity index (χ3n) is 4.68. The van der Waals surface area contributed by atoms with Crippen LogP contribution in [0, 0.1) is 17.2 Å².